The molecule has 0 spiro atoms. The van der Waals surface area contributed by atoms with Crippen molar-refractivity contribution in [2.75, 3.05) is 0 Å². The number of aryl methyl sites for hydroxylation is 2. The van der Waals surface area contributed by atoms with E-state index in [1.54, 1.807) is 22.3 Å². The third kappa shape index (κ3) is 1.45. The van der Waals surface area contributed by atoms with Crippen LogP contribution in [0.4, 0.5) is 0 Å². The average Bonchev–Trinajstić information content (AvgIpc) is 2.30. The van der Waals surface area contributed by atoms with E-state index >= 15 is 0 Å². The molecule has 18 heavy (non-hydrogen) atoms. The van der Waals surface area contributed by atoms with Crippen molar-refractivity contribution in [3.8, 4) is 0 Å². The molecule has 4 rings (SSSR count). The van der Waals surface area contributed by atoms with Crippen LogP contribution in [0.5, 0.6) is 0 Å². The van der Waals surface area contributed by atoms with Gasteiger partial charge < -0.3 is 0 Å². The summed E-state index contributed by atoms with van der Waals surface area (Å²) in [7, 11) is 0. The first kappa shape index (κ1) is 10.1. The van der Waals surface area contributed by atoms with E-state index in [1.807, 2.05) is 0 Å². The fourth-order valence-corrected chi connectivity index (χ4v) is 3.04. The van der Waals surface area contributed by atoms with Crippen LogP contribution in [-0.4, -0.2) is 0 Å². The summed E-state index contributed by atoms with van der Waals surface area (Å²) >= 11 is 0. The summed E-state index contributed by atoms with van der Waals surface area (Å²) in [5, 5.41) is 0. The lowest BCUT2D eigenvalue weighted by atomic mass is 9.83. The number of rotatable bonds is 2. The van der Waals surface area contributed by atoms with Crippen molar-refractivity contribution >= 4 is 12.2 Å². The molecule has 0 aromatic heterocycles. The van der Waals surface area contributed by atoms with E-state index in [4.69, 9.17) is 0 Å². The maximum atomic E-state index is 2.30. The number of hydrogen-bond acceptors (Lipinski definition) is 0. The summed E-state index contributed by atoms with van der Waals surface area (Å²) in [6.45, 7) is 0. The molecule has 2 aromatic carbocycles. The zero-order valence-corrected chi connectivity index (χ0v) is 10.4. The second-order valence-corrected chi connectivity index (χ2v) is 5.30. The molecule has 0 atom stereocenters. The Balaban J connectivity index is 1.70. The predicted molar refractivity (Wildman–Crippen MR) is 76.6 cm³/mol. The quantitative estimate of drug-likeness (QED) is 0.685. The Morgan fingerprint density at radius 3 is 1.50 bits per heavy atom. The van der Waals surface area contributed by atoms with Crippen LogP contribution < -0.4 is 0 Å². The van der Waals surface area contributed by atoms with Crippen LogP contribution in [0.1, 0.15) is 33.4 Å². The summed E-state index contributed by atoms with van der Waals surface area (Å²) in [4.78, 5) is 0. The van der Waals surface area contributed by atoms with Crippen molar-refractivity contribution < 1.29 is 0 Å². The largest absolute Gasteiger partial charge is 0.0614 e. The molecule has 0 unspecified atom stereocenters. The molecule has 0 bridgehead atoms. The van der Waals surface area contributed by atoms with Crippen molar-refractivity contribution in [2.24, 2.45) is 0 Å². The third-order valence-electron chi connectivity index (χ3n) is 4.35. The fourth-order valence-electron chi connectivity index (χ4n) is 3.04. The number of hydrogen-bond donors (Lipinski definition) is 0. The van der Waals surface area contributed by atoms with Gasteiger partial charge in [0.2, 0.25) is 0 Å². The lowest BCUT2D eigenvalue weighted by Gasteiger charge is -2.22. The minimum atomic E-state index is 1.25. The van der Waals surface area contributed by atoms with Crippen molar-refractivity contribution in [1.29, 1.82) is 0 Å². The van der Waals surface area contributed by atoms with E-state index in [-0.39, 0.29) is 0 Å². The second kappa shape index (κ2) is 3.84. The molecular weight excluding hydrogens is 216 g/mol. The molecule has 0 N–H and O–H groups in total. The Morgan fingerprint density at radius 2 is 1.11 bits per heavy atom. The fraction of sp³-hybridized carbons (Fsp3) is 0.222. The maximum Gasteiger partial charge on any atom is -0.0221 e. The molecule has 0 saturated heterocycles. The second-order valence-electron chi connectivity index (χ2n) is 5.30. The first-order valence-corrected chi connectivity index (χ1v) is 6.81. The molecule has 0 heterocycles. The standard InChI is InChI=1S/C18H16/c1-3-13(17-11-9-15(17)5-1)7-8-14-4-2-6-16-10-12-18(14)16/h1-8H,9-12H2. The molecule has 2 aliphatic rings. The molecule has 0 aliphatic heterocycles. The first-order valence-electron chi connectivity index (χ1n) is 6.81. The Bertz CT molecular complexity index is 590. The lowest BCUT2D eigenvalue weighted by Crippen LogP contribution is -2.10. The normalized spacial score (nSPS) is 15.8. The third-order valence-corrected chi connectivity index (χ3v) is 4.35. The van der Waals surface area contributed by atoms with Gasteiger partial charge in [-0.15, -0.1) is 0 Å². The summed E-state index contributed by atoms with van der Waals surface area (Å²) < 4.78 is 0. The zero-order chi connectivity index (χ0) is 11.9. The van der Waals surface area contributed by atoms with Gasteiger partial charge >= 0.3 is 0 Å². The highest BCUT2D eigenvalue weighted by Gasteiger charge is 2.16. The van der Waals surface area contributed by atoms with Crippen LogP contribution in [0, 0.1) is 0 Å². The molecule has 88 valence electrons. The van der Waals surface area contributed by atoms with Gasteiger partial charge in [0.25, 0.3) is 0 Å². The Morgan fingerprint density at radius 1 is 0.611 bits per heavy atom. The molecular formula is C18H16. The van der Waals surface area contributed by atoms with E-state index in [2.05, 4.69) is 48.6 Å². The highest BCUT2D eigenvalue weighted by molar-refractivity contribution is 5.75. The molecule has 0 saturated carbocycles. The Labute approximate surface area is 108 Å². The van der Waals surface area contributed by atoms with Crippen LogP contribution in [0.15, 0.2) is 36.4 Å². The zero-order valence-electron chi connectivity index (χ0n) is 10.4. The van der Waals surface area contributed by atoms with Gasteiger partial charge in [0.1, 0.15) is 0 Å². The highest BCUT2D eigenvalue weighted by atomic mass is 14.2. The van der Waals surface area contributed by atoms with Gasteiger partial charge in [0.15, 0.2) is 0 Å². The van der Waals surface area contributed by atoms with Crippen molar-refractivity contribution in [3.05, 3.63) is 69.8 Å². The lowest BCUT2D eigenvalue weighted by molar-refractivity contribution is 0.835. The van der Waals surface area contributed by atoms with E-state index in [9.17, 15) is 0 Å². The molecule has 0 amide bonds. The smallest absolute Gasteiger partial charge is 0.0221 e. The minimum Gasteiger partial charge on any atom is -0.0614 e. The van der Waals surface area contributed by atoms with Crippen molar-refractivity contribution in [3.63, 3.8) is 0 Å². The van der Waals surface area contributed by atoms with Gasteiger partial charge in [0.05, 0.1) is 0 Å². The molecule has 0 heteroatoms. The van der Waals surface area contributed by atoms with Gasteiger partial charge in [-0.2, -0.15) is 0 Å². The maximum absolute atomic E-state index is 2.30. The first-order chi connectivity index (χ1) is 8.92. The minimum absolute atomic E-state index is 1.25. The summed E-state index contributed by atoms with van der Waals surface area (Å²) in [5.74, 6) is 0. The van der Waals surface area contributed by atoms with Crippen LogP contribution in [-0.2, 0) is 25.7 Å². The number of benzene rings is 2. The SMILES string of the molecule is C(=Cc1cccc2c1CC2)c1cccc2c1CC2. The summed E-state index contributed by atoms with van der Waals surface area (Å²) in [5.41, 5.74) is 9.02. The highest BCUT2D eigenvalue weighted by Crippen LogP contribution is 2.30. The Hall–Kier alpha value is -1.82. The predicted octanol–water partition coefficient (Wildman–Crippen LogP) is 4.05. The molecule has 2 aromatic rings. The number of fused-ring (bicyclic) bond motifs is 2. The van der Waals surface area contributed by atoms with Gasteiger partial charge in [-0.3, -0.25) is 0 Å². The summed E-state index contributed by atoms with van der Waals surface area (Å²) in [6.07, 6.45) is 9.62. The van der Waals surface area contributed by atoms with E-state index in [1.165, 1.54) is 36.8 Å². The molecule has 0 radical (unpaired) electrons. The van der Waals surface area contributed by atoms with E-state index < -0.39 is 0 Å². The topological polar surface area (TPSA) is 0 Å². The van der Waals surface area contributed by atoms with Crippen LogP contribution in [0.2, 0.25) is 0 Å². The molecule has 2 aliphatic carbocycles. The average molecular weight is 232 g/mol. The van der Waals surface area contributed by atoms with Gasteiger partial charge in [-0.1, -0.05) is 48.6 Å². The van der Waals surface area contributed by atoms with Crippen molar-refractivity contribution in [2.45, 2.75) is 25.7 Å². The van der Waals surface area contributed by atoms with Gasteiger partial charge in [0, 0.05) is 0 Å². The van der Waals surface area contributed by atoms with Gasteiger partial charge in [-0.25, -0.2) is 0 Å². The van der Waals surface area contributed by atoms with E-state index in [0.717, 1.165) is 0 Å². The summed E-state index contributed by atoms with van der Waals surface area (Å²) in [6, 6.07) is 13.4. The van der Waals surface area contributed by atoms with Gasteiger partial charge in [-0.05, 0) is 59.1 Å². The van der Waals surface area contributed by atoms with Crippen LogP contribution >= 0.6 is 0 Å². The molecule has 0 nitrogen and oxygen atoms in total. The molecule has 0 fully saturated rings. The monoisotopic (exact) mass is 232 g/mol. The van der Waals surface area contributed by atoms with E-state index in [0.29, 0.717) is 0 Å². The van der Waals surface area contributed by atoms with Crippen LogP contribution in [0.25, 0.3) is 12.2 Å². The van der Waals surface area contributed by atoms with Crippen LogP contribution in [0.3, 0.4) is 0 Å². The van der Waals surface area contributed by atoms with Crippen molar-refractivity contribution in [1.82, 2.24) is 0 Å². The Kier molecular flexibility index (Phi) is 2.16.